The molecule has 2 unspecified atom stereocenters. The van der Waals surface area contributed by atoms with Crippen LogP contribution in [0.15, 0.2) is 24.4 Å². The minimum Gasteiger partial charge on any atom is -0.485 e. The van der Waals surface area contributed by atoms with Gasteiger partial charge in [-0.25, -0.2) is 4.98 Å². The van der Waals surface area contributed by atoms with E-state index in [-0.39, 0.29) is 24.1 Å². The quantitative estimate of drug-likeness (QED) is 0.761. The first-order valence-electron chi connectivity index (χ1n) is 10.4. The van der Waals surface area contributed by atoms with E-state index in [2.05, 4.69) is 15.6 Å². The highest BCUT2D eigenvalue weighted by molar-refractivity contribution is 7.15. The molecule has 1 spiro atoms. The number of rotatable bonds is 3. The van der Waals surface area contributed by atoms with Gasteiger partial charge in [0.25, 0.3) is 5.91 Å². The summed E-state index contributed by atoms with van der Waals surface area (Å²) in [5.41, 5.74) is 0.796. The van der Waals surface area contributed by atoms with E-state index in [0.717, 1.165) is 10.4 Å². The van der Waals surface area contributed by atoms with Gasteiger partial charge in [-0.3, -0.25) is 14.4 Å². The highest BCUT2D eigenvalue weighted by atomic mass is 32.1. The first kappa shape index (κ1) is 21.3. The molecule has 4 rings (SSSR count). The van der Waals surface area contributed by atoms with Gasteiger partial charge >= 0.3 is 0 Å². The number of nitrogens with one attached hydrogen (secondary N) is 2. The molecule has 2 N–H and O–H groups in total. The van der Waals surface area contributed by atoms with Crippen molar-refractivity contribution in [1.82, 2.24) is 15.2 Å². The summed E-state index contributed by atoms with van der Waals surface area (Å²) >= 11 is 1.39. The summed E-state index contributed by atoms with van der Waals surface area (Å²) in [6.45, 7) is 6.25. The van der Waals surface area contributed by atoms with Gasteiger partial charge in [-0.05, 0) is 39.3 Å². The molecule has 3 heterocycles. The van der Waals surface area contributed by atoms with E-state index in [1.54, 1.807) is 18.0 Å². The number of anilines is 1. The molecule has 1 aromatic heterocycles. The van der Waals surface area contributed by atoms with E-state index in [9.17, 15) is 14.4 Å². The first-order valence-corrected chi connectivity index (χ1v) is 11.2. The van der Waals surface area contributed by atoms with Gasteiger partial charge < -0.3 is 20.3 Å². The van der Waals surface area contributed by atoms with Crippen LogP contribution in [-0.2, 0) is 9.59 Å². The molecule has 2 aliphatic heterocycles. The Kier molecular flexibility index (Phi) is 5.70. The second-order valence-electron chi connectivity index (χ2n) is 8.25. The van der Waals surface area contributed by atoms with Crippen LogP contribution in [0, 0.1) is 13.8 Å². The van der Waals surface area contributed by atoms with Crippen molar-refractivity contribution in [3.05, 3.63) is 40.4 Å². The molecule has 2 aromatic rings. The van der Waals surface area contributed by atoms with Gasteiger partial charge in [0.05, 0.1) is 12.1 Å². The lowest BCUT2D eigenvalue weighted by molar-refractivity contribution is -0.137. The minimum atomic E-state index is -0.691. The second-order valence-corrected chi connectivity index (χ2v) is 9.48. The Balaban J connectivity index is 1.50. The normalized spacial score (nSPS) is 22.1. The van der Waals surface area contributed by atoms with Crippen molar-refractivity contribution < 1.29 is 19.1 Å². The molecule has 1 fully saturated rings. The van der Waals surface area contributed by atoms with Crippen LogP contribution in [0.1, 0.15) is 47.0 Å². The number of likely N-dealkylation sites (tertiary alicyclic amines) is 1. The number of nitrogens with zero attached hydrogens (tertiary/aromatic N) is 2. The first-order chi connectivity index (χ1) is 14.8. The Morgan fingerprint density at radius 1 is 1.32 bits per heavy atom. The third kappa shape index (κ3) is 4.41. The molecule has 2 aliphatic rings. The van der Waals surface area contributed by atoms with Crippen LogP contribution in [0.3, 0.4) is 0 Å². The smallest absolute Gasteiger partial charge is 0.255 e. The standard InChI is InChI=1S/C22H26N4O4S/c1-13-4-5-17-16(10-13)20(29)24-12-22(30-17)7-6-18(27)26(9-8-22)15(3)19(28)25-21-23-11-14(2)31-21/h4-5,10-11,15H,6-9,12H2,1-3H3,(H,24,29)(H,23,25,28). The number of aromatic nitrogens is 1. The third-order valence-corrected chi connectivity index (χ3v) is 6.73. The molecule has 0 aliphatic carbocycles. The van der Waals surface area contributed by atoms with Gasteiger partial charge in [-0.1, -0.05) is 11.6 Å². The van der Waals surface area contributed by atoms with Gasteiger partial charge in [0.1, 0.15) is 17.4 Å². The number of ether oxygens (including phenoxy) is 1. The molecule has 8 nitrogen and oxygen atoms in total. The molecule has 2 atom stereocenters. The predicted molar refractivity (Wildman–Crippen MR) is 117 cm³/mol. The fraction of sp³-hybridized carbons (Fsp3) is 0.455. The van der Waals surface area contributed by atoms with Gasteiger partial charge in [0, 0.05) is 30.5 Å². The van der Waals surface area contributed by atoms with Gasteiger partial charge in [-0.2, -0.15) is 0 Å². The summed E-state index contributed by atoms with van der Waals surface area (Å²) < 4.78 is 6.35. The van der Waals surface area contributed by atoms with Crippen LogP contribution in [0.2, 0.25) is 0 Å². The van der Waals surface area contributed by atoms with Crippen LogP contribution in [0.5, 0.6) is 5.75 Å². The summed E-state index contributed by atoms with van der Waals surface area (Å²) in [4.78, 5) is 44.9. The zero-order valence-corrected chi connectivity index (χ0v) is 18.7. The van der Waals surface area contributed by atoms with Crippen molar-refractivity contribution in [3.8, 4) is 5.75 Å². The van der Waals surface area contributed by atoms with Crippen molar-refractivity contribution in [2.45, 2.75) is 51.7 Å². The number of carbonyl (C=O) groups excluding carboxylic acids is 3. The maximum absolute atomic E-state index is 12.9. The number of hydrogen-bond acceptors (Lipinski definition) is 6. The van der Waals surface area contributed by atoms with Gasteiger partial charge in [-0.15, -0.1) is 11.3 Å². The molecule has 0 bridgehead atoms. The molecule has 9 heteroatoms. The number of benzene rings is 1. The molecular formula is C22H26N4O4S. The third-order valence-electron chi connectivity index (χ3n) is 5.90. The molecule has 31 heavy (non-hydrogen) atoms. The van der Waals surface area contributed by atoms with Crippen LogP contribution in [0.4, 0.5) is 5.13 Å². The molecule has 164 valence electrons. The lowest BCUT2D eigenvalue weighted by Gasteiger charge is -2.32. The maximum Gasteiger partial charge on any atom is 0.255 e. The van der Waals surface area contributed by atoms with Crippen molar-refractivity contribution in [1.29, 1.82) is 0 Å². The topological polar surface area (TPSA) is 101 Å². The lowest BCUT2D eigenvalue weighted by Crippen LogP contribution is -2.48. The van der Waals surface area contributed by atoms with E-state index < -0.39 is 11.6 Å². The highest BCUT2D eigenvalue weighted by Crippen LogP contribution is 2.34. The van der Waals surface area contributed by atoms with E-state index in [1.165, 1.54) is 11.3 Å². The van der Waals surface area contributed by atoms with E-state index in [0.29, 0.717) is 42.4 Å². The van der Waals surface area contributed by atoms with E-state index >= 15 is 0 Å². The number of amides is 3. The Bertz CT molecular complexity index is 1040. The average molecular weight is 443 g/mol. The number of thiazole rings is 1. The SMILES string of the molecule is Cc1ccc2c(c1)C(=O)NCC1(CCC(=O)N(C(C)C(=O)Nc3ncc(C)s3)CC1)O2. The molecule has 1 aromatic carbocycles. The van der Waals surface area contributed by atoms with Crippen molar-refractivity contribution >= 4 is 34.2 Å². The largest absolute Gasteiger partial charge is 0.485 e. The maximum atomic E-state index is 12.9. The van der Waals surface area contributed by atoms with Crippen LogP contribution < -0.4 is 15.4 Å². The zero-order chi connectivity index (χ0) is 22.2. The van der Waals surface area contributed by atoms with E-state index in [4.69, 9.17) is 4.74 Å². The Morgan fingerprint density at radius 3 is 2.87 bits per heavy atom. The Labute approximate surface area is 185 Å². The molecule has 0 saturated carbocycles. The Hall–Kier alpha value is -2.94. The van der Waals surface area contributed by atoms with Crippen LogP contribution in [0.25, 0.3) is 0 Å². The number of carbonyl (C=O) groups is 3. The summed E-state index contributed by atoms with van der Waals surface area (Å²) in [6, 6.07) is 4.90. The lowest BCUT2D eigenvalue weighted by atomic mass is 9.94. The van der Waals surface area contributed by atoms with Crippen LogP contribution >= 0.6 is 11.3 Å². The highest BCUT2D eigenvalue weighted by Gasteiger charge is 2.41. The van der Waals surface area contributed by atoms with Gasteiger partial charge in [0.15, 0.2) is 5.13 Å². The van der Waals surface area contributed by atoms with E-state index in [1.807, 2.05) is 32.0 Å². The minimum absolute atomic E-state index is 0.0989. The van der Waals surface area contributed by atoms with Crippen molar-refractivity contribution in [2.24, 2.45) is 0 Å². The van der Waals surface area contributed by atoms with Gasteiger partial charge in [0.2, 0.25) is 11.8 Å². The Morgan fingerprint density at radius 2 is 2.13 bits per heavy atom. The van der Waals surface area contributed by atoms with Crippen molar-refractivity contribution in [3.63, 3.8) is 0 Å². The number of aryl methyl sites for hydroxylation is 2. The number of hydrogen-bond donors (Lipinski definition) is 2. The summed E-state index contributed by atoms with van der Waals surface area (Å²) in [7, 11) is 0. The monoisotopic (exact) mass is 442 g/mol. The van der Waals surface area contributed by atoms with Crippen LogP contribution in [-0.4, -0.2) is 52.3 Å². The summed E-state index contributed by atoms with van der Waals surface area (Å²) in [6.07, 6.45) is 2.92. The van der Waals surface area contributed by atoms with Crippen molar-refractivity contribution in [2.75, 3.05) is 18.4 Å². The molecular weight excluding hydrogens is 416 g/mol. The number of fused-ring (bicyclic) bond motifs is 1. The summed E-state index contributed by atoms with van der Waals surface area (Å²) in [5.74, 6) is -0.00590. The fourth-order valence-electron chi connectivity index (χ4n) is 4.02. The fourth-order valence-corrected chi connectivity index (χ4v) is 4.69. The second kappa shape index (κ2) is 8.30. The molecule has 0 radical (unpaired) electrons. The molecule has 1 saturated heterocycles. The zero-order valence-electron chi connectivity index (χ0n) is 17.9. The predicted octanol–water partition coefficient (Wildman–Crippen LogP) is 2.66. The summed E-state index contributed by atoms with van der Waals surface area (Å²) in [5, 5.41) is 6.27. The average Bonchev–Trinajstić information content (AvgIpc) is 3.00. The molecule has 3 amide bonds.